The summed E-state index contributed by atoms with van der Waals surface area (Å²) in [5.74, 6) is -1.69. The molecule has 0 aromatic carbocycles. The highest BCUT2D eigenvalue weighted by Crippen LogP contribution is 2.03. The summed E-state index contributed by atoms with van der Waals surface area (Å²) in [6, 6.07) is 0. The summed E-state index contributed by atoms with van der Waals surface area (Å²) in [5.41, 5.74) is 0. The maximum Gasteiger partial charge on any atom is 0.326 e. The SMILES string of the molecule is O=C(CN1C(=O)C=CC1=O)OCCCO. The second-order valence-electron chi connectivity index (χ2n) is 2.89. The minimum atomic E-state index is -0.658. The Balaban J connectivity index is 2.32. The molecule has 1 rings (SSSR count). The average Bonchev–Trinajstić information content (AvgIpc) is 2.50. The maximum atomic E-state index is 11.1. The van der Waals surface area contributed by atoms with E-state index in [0.29, 0.717) is 6.42 Å². The number of ether oxygens (including phenoxy) is 1. The summed E-state index contributed by atoms with van der Waals surface area (Å²) in [6.45, 7) is -0.370. The first-order valence-corrected chi connectivity index (χ1v) is 4.45. The molecule has 0 saturated heterocycles. The highest BCUT2D eigenvalue weighted by Gasteiger charge is 2.25. The minimum absolute atomic E-state index is 0.0730. The standard InChI is InChI=1S/C9H11NO5/c11-4-1-5-15-9(14)6-10-7(12)2-3-8(10)13/h2-3,11H,1,4-6H2. The van der Waals surface area contributed by atoms with Crippen molar-refractivity contribution in [3.8, 4) is 0 Å². The van der Waals surface area contributed by atoms with Gasteiger partial charge in [0.05, 0.1) is 6.61 Å². The van der Waals surface area contributed by atoms with E-state index < -0.39 is 17.8 Å². The Morgan fingerprint density at radius 1 is 1.33 bits per heavy atom. The molecule has 6 nitrogen and oxygen atoms in total. The minimum Gasteiger partial charge on any atom is -0.464 e. The normalized spacial score (nSPS) is 14.9. The van der Waals surface area contributed by atoms with Crippen molar-refractivity contribution in [2.75, 3.05) is 19.8 Å². The number of hydrogen-bond acceptors (Lipinski definition) is 5. The number of amides is 2. The Morgan fingerprint density at radius 2 is 1.93 bits per heavy atom. The van der Waals surface area contributed by atoms with Crippen LogP contribution in [0.5, 0.6) is 0 Å². The van der Waals surface area contributed by atoms with Crippen LogP contribution < -0.4 is 0 Å². The van der Waals surface area contributed by atoms with Gasteiger partial charge < -0.3 is 9.84 Å². The monoisotopic (exact) mass is 213 g/mol. The van der Waals surface area contributed by atoms with Gasteiger partial charge in [-0.3, -0.25) is 19.3 Å². The van der Waals surface area contributed by atoms with E-state index in [2.05, 4.69) is 4.74 Å². The Labute approximate surface area is 86.1 Å². The Kier molecular flexibility index (Phi) is 3.99. The predicted molar refractivity (Wildman–Crippen MR) is 48.5 cm³/mol. The number of imide groups is 1. The molecule has 1 heterocycles. The maximum absolute atomic E-state index is 11.1. The fraction of sp³-hybridized carbons (Fsp3) is 0.444. The molecule has 82 valence electrons. The number of nitrogens with zero attached hydrogens (tertiary/aromatic N) is 1. The summed E-state index contributed by atoms with van der Waals surface area (Å²) < 4.78 is 4.67. The van der Waals surface area contributed by atoms with Crippen LogP contribution >= 0.6 is 0 Å². The molecule has 6 heteroatoms. The van der Waals surface area contributed by atoms with E-state index in [9.17, 15) is 14.4 Å². The lowest BCUT2D eigenvalue weighted by molar-refractivity contribution is -0.151. The molecular weight excluding hydrogens is 202 g/mol. The molecule has 15 heavy (non-hydrogen) atoms. The second-order valence-corrected chi connectivity index (χ2v) is 2.89. The molecular formula is C9H11NO5. The molecule has 0 aliphatic carbocycles. The summed E-state index contributed by atoms with van der Waals surface area (Å²) >= 11 is 0. The first kappa shape index (κ1) is 11.4. The van der Waals surface area contributed by atoms with Gasteiger partial charge in [-0.1, -0.05) is 0 Å². The summed E-state index contributed by atoms with van der Waals surface area (Å²) in [6.07, 6.45) is 2.54. The zero-order valence-electron chi connectivity index (χ0n) is 8.01. The van der Waals surface area contributed by atoms with Crippen molar-refractivity contribution in [3.63, 3.8) is 0 Å². The Morgan fingerprint density at radius 3 is 2.47 bits per heavy atom. The van der Waals surface area contributed by atoms with Crippen LogP contribution in [0, 0.1) is 0 Å². The van der Waals surface area contributed by atoms with Crippen LogP contribution in [-0.4, -0.2) is 47.5 Å². The molecule has 1 N–H and O–H groups in total. The van der Waals surface area contributed by atoms with E-state index in [1.54, 1.807) is 0 Å². The molecule has 1 aliphatic heterocycles. The lowest BCUT2D eigenvalue weighted by Gasteiger charge is -2.12. The first-order valence-electron chi connectivity index (χ1n) is 4.45. The van der Waals surface area contributed by atoms with Crippen molar-refractivity contribution in [3.05, 3.63) is 12.2 Å². The molecule has 0 aromatic rings. The molecule has 0 spiro atoms. The van der Waals surface area contributed by atoms with Crippen LogP contribution in [0.15, 0.2) is 12.2 Å². The highest BCUT2D eigenvalue weighted by molar-refractivity contribution is 6.14. The largest absolute Gasteiger partial charge is 0.464 e. The predicted octanol–water partition coefficient (Wildman–Crippen LogP) is -1.16. The number of rotatable bonds is 5. The van der Waals surface area contributed by atoms with E-state index in [1.807, 2.05) is 0 Å². The van der Waals surface area contributed by atoms with E-state index >= 15 is 0 Å². The molecule has 0 aromatic heterocycles. The molecule has 0 unspecified atom stereocenters. The first-order chi connectivity index (χ1) is 7.15. The van der Waals surface area contributed by atoms with Crippen LogP contribution in [0.4, 0.5) is 0 Å². The fourth-order valence-electron chi connectivity index (χ4n) is 1.01. The smallest absolute Gasteiger partial charge is 0.326 e. The summed E-state index contributed by atoms with van der Waals surface area (Å²) in [5, 5.41) is 8.43. The van der Waals surface area contributed by atoms with Crippen LogP contribution in [-0.2, 0) is 19.1 Å². The van der Waals surface area contributed by atoms with Gasteiger partial charge in [-0.2, -0.15) is 0 Å². The number of esters is 1. The third kappa shape index (κ3) is 3.17. The number of hydrogen-bond donors (Lipinski definition) is 1. The molecule has 0 fully saturated rings. The van der Waals surface area contributed by atoms with Gasteiger partial charge in [-0.05, 0) is 0 Å². The van der Waals surface area contributed by atoms with Gasteiger partial charge >= 0.3 is 5.97 Å². The second kappa shape index (κ2) is 5.26. The highest BCUT2D eigenvalue weighted by atomic mass is 16.5. The Bertz CT molecular complexity index is 292. The van der Waals surface area contributed by atoms with Crippen LogP contribution in [0.3, 0.4) is 0 Å². The zero-order valence-corrected chi connectivity index (χ0v) is 8.01. The van der Waals surface area contributed by atoms with Crippen molar-refractivity contribution < 1.29 is 24.2 Å². The molecule has 0 atom stereocenters. The summed E-state index contributed by atoms with van der Waals surface area (Å²) in [7, 11) is 0. The van der Waals surface area contributed by atoms with E-state index in [4.69, 9.17) is 5.11 Å². The topological polar surface area (TPSA) is 83.9 Å². The molecule has 1 aliphatic rings. The zero-order chi connectivity index (χ0) is 11.3. The van der Waals surface area contributed by atoms with Crippen LogP contribution in [0.2, 0.25) is 0 Å². The third-order valence-electron chi connectivity index (χ3n) is 1.75. The van der Waals surface area contributed by atoms with Crippen LogP contribution in [0.1, 0.15) is 6.42 Å². The molecule has 2 amide bonds. The molecule has 0 radical (unpaired) electrons. The lowest BCUT2D eigenvalue weighted by atomic mass is 10.5. The number of aliphatic hydroxyl groups is 1. The Hall–Kier alpha value is -1.69. The van der Waals surface area contributed by atoms with Crippen molar-refractivity contribution in [1.29, 1.82) is 0 Å². The van der Waals surface area contributed by atoms with Crippen LogP contribution in [0.25, 0.3) is 0 Å². The fourth-order valence-corrected chi connectivity index (χ4v) is 1.01. The van der Waals surface area contributed by atoms with E-state index in [-0.39, 0.29) is 19.8 Å². The van der Waals surface area contributed by atoms with Gasteiger partial charge in [0.25, 0.3) is 11.8 Å². The molecule has 0 bridgehead atoms. The van der Waals surface area contributed by atoms with Gasteiger partial charge in [-0.15, -0.1) is 0 Å². The average molecular weight is 213 g/mol. The summed E-state index contributed by atoms with van der Waals surface area (Å²) in [4.78, 5) is 33.9. The van der Waals surface area contributed by atoms with Crippen molar-refractivity contribution >= 4 is 17.8 Å². The van der Waals surface area contributed by atoms with E-state index in [1.165, 1.54) is 0 Å². The molecule has 0 saturated carbocycles. The number of carbonyl (C=O) groups excluding carboxylic acids is 3. The quantitative estimate of drug-likeness (QED) is 0.353. The van der Waals surface area contributed by atoms with Gasteiger partial charge in [0.2, 0.25) is 0 Å². The number of carbonyl (C=O) groups is 3. The van der Waals surface area contributed by atoms with Gasteiger partial charge in [0.1, 0.15) is 6.54 Å². The third-order valence-corrected chi connectivity index (χ3v) is 1.75. The van der Waals surface area contributed by atoms with Gasteiger partial charge in [-0.25, -0.2) is 0 Å². The van der Waals surface area contributed by atoms with Gasteiger partial charge in [0.15, 0.2) is 0 Å². The van der Waals surface area contributed by atoms with Crippen molar-refractivity contribution in [1.82, 2.24) is 4.90 Å². The van der Waals surface area contributed by atoms with Crippen molar-refractivity contribution in [2.24, 2.45) is 0 Å². The van der Waals surface area contributed by atoms with Crippen molar-refractivity contribution in [2.45, 2.75) is 6.42 Å². The lowest BCUT2D eigenvalue weighted by Crippen LogP contribution is -2.35. The van der Waals surface area contributed by atoms with E-state index in [0.717, 1.165) is 17.1 Å². The number of aliphatic hydroxyl groups excluding tert-OH is 1. The van der Waals surface area contributed by atoms with Gasteiger partial charge in [0, 0.05) is 25.2 Å².